The molecule has 142 valence electrons. The van der Waals surface area contributed by atoms with Gasteiger partial charge in [-0.2, -0.15) is 0 Å². The number of carbonyl (C=O) groups is 1. The van der Waals surface area contributed by atoms with E-state index in [1.165, 1.54) is 5.56 Å². The fourth-order valence-electron chi connectivity index (χ4n) is 2.62. The summed E-state index contributed by atoms with van der Waals surface area (Å²) in [6.07, 6.45) is 4.77. The summed E-state index contributed by atoms with van der Waals surface area (Å²) in [7, 11) is -3.26. The maximum absolute atomic E-state index is 12.0. The Morgan fingerprint density at radius 2 is 1.64 bits per heavy atom. The Bertz CT molecular complexity index is 609. The molecular formula is C19H31NO4S. The molecule has 6 heteroatoms. The van der Waals surface area contributed by atoms with Crippen molar-refractivity contribution in [3.8, 4) is 0 Å². The molecule has 0 radical (unpaired) electrons. The van der Waals surface area contributed by atoms with Crippen LogP contribution in [0.25, 0.3) is 0 Å². The van der Waals surface area contributed by atoms with Crippen molar-refractivity contribution >= 4 is 16.0 Å². The van der Waals surface area contributed by atoms with Crippen molar-refractivity contribution in [2.45, 2.75) is 58.8 Å². The molecule has 0 amide bonds. The first-order valence-corrected chi connectivity index (χ1v) is 10.7. The molecular weight excluding hydrogens is 338 g/mol. The number of carboxylic acid groups (broad SMARTS) is 1. The molecule has 0 aliphatic rings. The third-order valence-electron chi connectivity index (χ3n) is 3.97. The molecule has 0 fully saturated rings. The second kappa shape index (κ2) is 11.3. The van der Waals surface area contributed by atoms with Crippen LogP contribution in [0.2, 0.25) is 0 Å². The Kier molecular flexibility index (Phi) is 9.75. The average molecular weight is 370 g/mol. The first-order valence-electron chi connectivity index (χ1n) is 9.05. The van der Waals surface area contributed by atoms with Gasteiger partial charge in [0.15, 0.2) is 0 Å². The molecule has 0 spiro atoms. The summed E-state index contributed by atoms with van der Waals surface area (Å²) in [6, 6.07) is 8.17. The maximum atomic E-state index is 12.0. The highest BCUT2D eigenvalue weighted by atomic mass is 32.2. The summed E-state index contributed by atoms with van der Waals surface area (Å²) < 4.78 is 26.6. The Morgan fingerprint density at radius 1 is 1.04 bits per heavy atom. The van der Waals surface area contributed by atoms with Gasteiger partial charge in [0.2, 0.25) is 10.0 Å². The molecule has 0 unspecified atom stereocenters. The van der Waals surface area contributed by atoms with Gasteiger partial charge in [0.25, 0.3) is 0 Å². The number of hydrogen-bond donors (Lipinski definition) is 2. The minimum atomic E-state index is -3.26. The number of benzene rings is 1. The van der Waals surface area contributed by atoms with Gasteiger partial charge >= 0.3 is 5.97 Å². The van der Waals surface area contributed by atoms with E-state index in [1.807, 2.05) is 12.1 Å². The van der Waals surface area contributed by atoms with Gasteiger partial charge in [0.1, 0.15) is 0 Å². The van der Waals surface area contributed by atoms with E-state index >= 15 is 0 Å². The van der Waals surface area contributed by atoms with Crippen LogP contribution in [-0.4, -0.2) is 31.8 Å². The van der Waals surface area contributed by atoms with Crippen molar-refractivity contribution < 1.29 is 18.3 Å². The predicted molar refractivity (Wildman–Crippen MR) is 101 cm³/mol. The number of hydrogen-bond acceptors (Lipinski definition) is 3. The molecule has 0 saturated heterocycles. The van der Waals surface area contributed by atoms with Crippen LogP contribution in [0.5, 0.6) is 0 Å². The van der Waals surface area contributed by atoms with Crippen LogP contribution in [0.15, 0.2) is 24.3 Å². The topological polar surface area (TPSA) is 83.5 Å². The van der Waals surface area contributed by atoms with Gasteiger partial charge in [-0.05, 0) is 42.7 Å². The Morgan fingerprint density at radius 3 is 2.24 bits per heavy atom. The summed E-state index contributed by atoms with van der Waals surface area (Å²) in [5.74, 6) is -0.0762. The lowest BCUT2D eigenvalue weighted by Gasteiger charge is -2.08. The lowest BCUT2D eigenvalue weighted by molar-refractivity contribution is -0.137. The summed E-state index contributed by atoms with van der Waals surface area (Å²) >= 11 is 0. The van der Waals surface area contributed by atoms with Crippen molar-refractivity contribution in [1.82, 2.24) is 4.72 Å². The highest BCUT2D eigenvalue weighted by molar-refractivity contribution is 7.89. The van der Waals surface area contributed by atoms with E-state index in [0.717, 1.165) is 31.2 Å². The van der Waals surface area contributed by atoms with Crippen LogP contribution >= 0.6 is 0 Å². The normalized spacial score (nSPS) is 11.8. The molecule has 5 nitrogen and oxygen atoms in total. The SMILES string of the molecule is CC(C)Cc1ccc(CCS(=O)(=O)NCCCCCCC(=O)O)cc1. The monoisotopic (exact) mass is 369 g/mol. The number of sulfonamides is 1. The maximum Gasteiger partial charge on any atom is 0.303 e. The van der Waals surface area contributed by atoms with Crippen molar-refractivity contribution in [2.75, 3.05) is 12.3 Å². The van der Waals surface area contributed by atoms with Crippen LogP contribution in [0.1, 0.15) is 57.1 Å². The smallest absolute Gasteiger partial charge is 0.303 e. The number of rotatable bonds is 13. The van der Waals surface area contributed by atoms with Gasteiger partial charge in [-0.25, -0.2) is 13.1 Å². The molecule has 2 N–H and O–H groups in total. The standard InChI is InChI=1S/C19H31NO4S/c1-16(2)15-18-10-8-17(9-11-18)12-14-25(23,24)20-13-6-4-3-5-7-19(21)22/h8-11,16,20H,3-7,12-15H2,1-2H3,(H,21,22). The average Bonchev–Trinajstić information content (AvgIpc) is 2.52. The fraction of sp³-hybridized carbons (Fsp3) is 0.632. The van der Waals surface area contributed by atoms with E-state index in [2.05, 4.69) is 30.7 Å². The van der Waals surface area contributed by atoms with E-state index in [9.17, 15) is 13.2 Å². The Labute approximate surface area is 151 Å². The number of unbranched alkanes of at least 4 members (excludes halogenated alkanes) is 3. The number of aryl methyl sites for hydroxylation is 1. The van der Waals surface area contributed by atoms with Gasteiger partial charge < -0.3 is 5.11 Å². The van der Waals surface area contributed by atoms with Crippen molar-refractivity contribution in [2.24, 2.45) is 5.92 Å². The van der Waals surface area contributed by atoms with Crippen molar-refractivity contribution in [3.63, 3.8) is 0 Å². The lowest BCUT2D eigenvalue weighted by Crippen LogP contribution is -2.28. The third-order valence-corrected chi connectivity index (χ3v) is 5.35. The molecule has 25 heavy (non-hydrogen) atoms. The zero-order chi connectivity index (χ0) is 18.7. The van der Waals surface area contributed by atoms with Crippen LogP contribution in [0.4, 0.5) is 0 Å². The number of aliphatic carboxylic acids is 1. The molecule has 0 aliphatic carbocycles. The van der Waals surface area contributed by atoms with Gasteiger partial charge in [0.05, 0.1) is 5.75 Å². The Balaban J connectivity index is 2.23. The number of nitrogens with one attached hydrogen (secondary N) is 1. The first kappa shape index (κ1) is 21.6. The second-order valence-electron chi connectivity index (χ2n) is 6.94. The van der Waals surface area contributed by atoms with Crippen LogP contribution in [-0.2, 0) is 27.7 Å². The minimum Gasteiger partial charge on any atom is -0.481 e. The van der Waals surface area contributed by atoms with Crippen LogP contribution in [0.3, 0.4) is 0 Å². The molecule has 0 heterocycles. The van der Waals surface area contributed by atoms with E-state index in [-0.39, 0.29) is 12.2 Å². The molecule has 0 bridgehead atoms. The molecule has 0 aliphatic heterocycles. The summed E-state index contributed by atoms with van der Waals surface area (Å²) in [5, 5.41) is 8.54. The van der Waals surface area contributed by atoms with E-state index in [1.54, 1.807) is 0 Å². The molecule has 1 aromatic carbocycles. The molecule has 1 rings (SSSR count). The van der Waals surface area contributed by atoms with Gasteiger partial charge in [-0.1, -0.05) is 51.0 Å². The van der Waals surface area contributed by atoms with Gasteiger partial charge in [-0.15, -0.1) is 0 Å². The first-order chi connectivity index (χ1) is 11.8. The zero-order valence-electron chi connectivity index (χ0n) is 15.3. The van der Waals surface area contributed by atoms with Gasteiger partial charge in [-0.3, -0.25) is 4.79 Å². The molecule has 0 saturated carbocycles. The molecule has 1 aromatic rings. The summed E-state index contributed by atoms with van der Waals surface area (Å²) in [4.78, 5) is 10.4. The predicted octanol–water partition coefficient (Wildman–Crippen LogP) is 3.38. The van der Waals surface area contributed by atoms with Crippen LogP contribution in [0, 0.1) is 5.92 Å². The second-order valence-corrected chi connectivity index (χ2v) is 8.86. The highest BCUT2D eigenvalue weighted by Crippen LogP contribution is 2.11. The molecule has 0 atom stereocenters. The van der Waals surface area contributed by atoms with E-state index < -0.39 is 16.0 Å². The van der Waals surface area contributed by atoms with E-state index in [4.69, 9.17) is 5.11 Å². The third kappa shape index (κ3) is 10.9. The quantitative estimate of drug-likeness (QED) is 0.522. The summed E-state index contributed by atoms with van der Waals surface area (Å²) in [5.41, 5.74) is 2.31. The van der Waals surface area contributed by atoms with Crippen LogP contribution < -0.4 is 4.72 Å². The lowest BCUT2D eigenvalue weighted by atomic mass is 10.0. The largest absolute Gasteiger partial charge is 0.481 e. The van der Waals surface area contributed by atoms with Crippen molar-refractivity contribution in [1.29, 1.82) is 0 Å². The fourth-order valence-corrected chi connectivity index (χ4v) is 3.72. The number of carboxylic acids is 1. The van der Waals surface area contributed by atoms with E-state index in [0.29, 0.717) is 25.3 Å². The zero-order valence-corrected chi connectivity index (χ0v) is 16.1. The molecule has 0 aromatic heterocycles. The van der Waals surface area contributed by atoms with Gasteiger partial charge in [0, 0.05) is 13.0 Å². The summed E-state index contributed by atoms with van der Waals surface area (Å²) in [6.45, 7) is 4.78. The highest BCUT2D eigenvalue weighted by Gasteiger charge is 2.10. The Hall–Kier alpha value is -1.40. The minimum absolute atomic E-state index is 0.0928. The van der Waals surface area contributed by atoms with Crippen molar-refractivity contribution in [3.05, 3.63) is 35.4 Å².